The first-order valence-corrected chi connectivity index (χ1v) is 5.00. The zero-order valence-electron chi connectivity index (χ0n) is 7.91. The summed E-state index contributed by atoms with van der Waals surface area (Å²) in [5.74, 6) is 0.239. The third-order valence-electron chi connectivity index (χ3n) is 1.89. The molecular weight excluding hydrogens is 198 g/mol. The zero-order valence-corrected chi connectivity index (χ0v) is 8.67. The maximum atomic E-state index is 9.26. The minimum atomic E-state index is -0.519. The van der Waals surface area contributed by atoms with Crippen molar-refractivity contribution >= 4 is 23.4 Å². The Morgan fingerprint density at radius 3 is 2.86 bits per heavy atom. The van der Waals surface area contributed by atoms with Gasteiger partial charge >= 0.3 is 0 Å². The largest absolute Gasteiger partial charge is 0.390 e. The molecule has 1 unspecified atom stereocenters. The van der Waals surface area contributed by atoms with Crippen LogP contribution < -0.4 is 5.32 Å². The molecule has 0 saturated heterocycles. The lowest BCUT2D eigenvalue weighted by Gasteiger charge is -2.11. The molecule has 2 nitrogen and oxygen atoms in total. The van der Waals surface area contributed by atoms with Crippen molar-refractivity contribution in [2.45, 2.75) is 6.10 Å². The van der Waals surface area contributed by atoms with Crippen molar-refractivity contribution in [3.8, 4) is 0 Å². The van der Waals surface area contributed by atoms with Gasteiger partial charge < -0.3 is 10.4 Å². The van der Waals surface area contributed by atoms with Crippen LogP contribution in [0, 0.1) is 0 Å². The average molecular weight is 212 g/mol. The fourth-order valence-corrected chi connectivity index (χ4v) is 1.23. The van der Waals surface area contributed by atoms with Crippen LogP contribution in [-0.2, 0) is 0 Å². The van der Waals surface area contributed by atoms with Gasteiger partial charge in [0.25, 0.3) is 0 Å². The predicted molar refractivity (Wildman–Crippen MR) is 61.7 cm³/mol. The number of hydrogen-bond donors (Lipinski definition) is 2. The number of aliphatic hydroxyl groups is 1. The van der Waals surface area contributed by atoms with Crippen molar-refractivity contribution in [1.29, 1.82) is 0 Å². The van der Waals surface area contributed by atoms with E-state index < -0.39 is 6.10 Å². The average Bonchev–Trinajstić information content (AvgIpc) is 2.26. The first kappa shape index (κ1) is 11.1. The number of hydrogen-bond acceptors (Lipinski definition) is 2. The smallest absolute Gasteiger partial charge is 0.0847 e. The van der Waals surface area contributed by atoms with Gasteiger partial charge in [-0.1, -0.05) is 30.9 Å². The number of halogens is 1. The molecule has 0 radical (unpaired) electrons. The maximum absolute atomic E-state index is 9.26. The van der Waals surface area contributed by atoms with Gasteiger partial charge in [-0.2, -0.15) is 0 Å². The van der Waals surface area contributed by atoms with Gasteiger partial charge in [-0.05, 0) is 11.6 Å². The van der Waals surface area contributed by atoms with Crippen molar-refractivity contribution in [1.82, 2.24) is 0 Å². The number of nitrogens with one attached hydrogen (secondary N) is 1. The molecule has 0 fully saturated rings. The molecule has 0 aliphatic rings. The van der Waals surface area contributed by atoms with E-state index in [1.54, 1.807) is 6.08 Å². The fourth-order valence-electron chi connectivity index (χ4n) is 1.12. The second-order valence-electron chi connectivity index (χ2n) is 2.98. The molecule has 1 rings (SSSR count). The Kier molecular flexibility index (Phi) is 4.50. The van der Waals surface area contributed by atoms with Crippen LogP contribution in [0.5, 0.6) is 0 Å². The molecule has 3 heteroatoms. The summed E-state index contributed by atoms with van der Waals surface area (Å²) in [5.41, 5.74) is 1.99. The molecule has 0 amide bonds. The molecule has 0 aliphatic heterocycles. The normalized spacial score (nSPS) is 12.1. The highest BCUT2D eigenvalue weighted by molar-refractivity contribution is 6.18. The quantitative estimate of drug-likeness (QED) is 0.733. The molecule has 14 heavy (non-hydrogen) atoms. The van der Waals surface area contributed by atoms with Crippen LogP contribution in [0.25, 0.3) is 6.08 Å². The van der Waals surface area contributed by atoms with Gasteiger partial charge in [0.15, 0.2) is 0 Å². The standard InChI is InChI=1S/C11H14ClNO/c1-2-9-5-3-4-6-11(9)13-8-10(14)7-12/h2-6,10,13-14H,1,7-8H2. The number of benzene rings is 1. The Balaban J connectivity index is 2.61. The van der Waals surface area contributed by atoms with E-state index in [4.69, 9.17) is 11.6 Å². The zero-order chi connectivity index (χ0) is 10.4. The molecule has 1 aromatic rings. The Hall–Kier alpha value is -0.990. The number of rotatable bonds is 5. The number of aliphatic hydroxyl groups excluding tert-OH is 1. The van der Waals surface area contributed by atoms with E-state index in [-0.39, 0.29) is 5.88 Å². The highest BCUT2D eigenvalue weighted by Crippen LogP contribution is 2.15. The number of alkyl halides is 1. The van der Waals surface area contributed by atoms with Crippen molar-refractivity contribution in [2.24, 2.45) is 0 Å². The van der Waals surface area contributed by atoms with E-state index in [1.807, 2.05) is 24.3 Å². The van der Waals surface area contributed by atoms with E-state index in [0.717, 1.165) is 11.3 Å². The van der Waals surface area contributed by atoms with Gasteiger partial charge in [0.1, 0.15) is 0 Å². The molecule has 0 spiro atoms. The maximum Gasteiger partial charge on any atom is 0.0847 e. The van der Waals surface area contributed by atoms with E-state index in [1.165, 1.54) is 0 Å². The number of anilines is 1. The summed E-state index contributed by atoms with van der Waals surface area (Å²) in [7, 11) is 0. The summed E-state index contributed by atoms with van der Waals surface area (Å²) in [5, 5.41) is 12.4. The van der Waals surface area contributed by atoms with Crippen LogP contribution in [0.1, 0.15) is 5.56 Å². The molecule has 2 N–H and O–H groups in total. The van der Waals surface area contributed by atoms with Crippen molar-refractivity contribution in [3.05, 3.63) is 36.4 Å². The SMILES string of the molecule is C=Cc1ccccc1NCC(O)CCl. The highest BCUT2D eigenvalue weighted by Gasteiger charge is 2.02. The van der Waals surface area contributed by atoms with Gasteiger partial charge in [0.2, 0.25) is 0 Å². The van der Waals surface area contributed by atoms with E-state index >= 15 is 0 Å². The van der Waals surface area contributed by atoms with Crippen LogP contribution in [0.15, 0.2) is 30.8 Å². The van der Waals surface area contributed by atoms with Crippen LogP contribution in [-0.4, -0.2) is 23.6 Å². The lowest BCUT2D eigenvalue weighted by atomic mass is 10.2. The van der Waals surface area contributed by atoms with Crippen LogP contribution in [0.3, 0.4) is 0 Å². The second kappa shape index (κ2) is 5.68. The highest BCUT2D eigenvalue weighted by atomic mass is 35.5. The molecule has 1 atom stereocenters. The van der Waals surface area contributed by atoms with Crippen LogP contribution >= 0.6 is 11.6 Å². The molecule has 76 valence electrons. The second-order valence-corrected chi connectivity index (χ2v) is 3.29. The summed E-state index contributed by atoms with van der Waals surface area (Å²) in [6, 6.07) is 7.78. The lowest BCUT2D eigenvalue weighted by Crippen LogP contribution is -2.21. The van der Waals surface area contributed by atoms with E-state index in [9.17, 15) is 5.11 Å². The first-order valence-electron chi connectivity index (χ1n) is 4.47. The lowest BCUT2D eigenvalue weighted by molar-refractivity contribution is 0.211. The molecule has 0 aliphatic carbocycles. The summed E-state index contributed by atoms with van der Waals surface area (Å²) >= 11 is 5.48. The van der Waals surface area contributed by atoms with Gasteiger partial charge in [-0.3, -0.25) is 0 Å². The summed E-state index contributed by atoms with van der Waals surface area (Å²) in [6.07, 6.45) is 1.25. The molecule has 1 aromatic carbocycles. The van der Waals surface area contributed by atoms with E-state index in [2.05, 4.69) is 11.9 Å². The Labute approximate surface area is 89.2 Å². The monoisotopic (exact) mass is 211 g/mol. The summed E-state index contributed by atoms with van der Waals surface area (Å²) in [4.78, 5) is 0. The minimum absolute atomic E-state index is 0.239. The van der Waals surface area contributed by atoms with Gasteiger partial charge in [-0.25, -0.2) is 0 Å². The van der Waals surface area contributed by atoms with Crippen LogP contribution in [0.2, 0.25) is 0 Å². The summed E-state index contributed by atoms with van der Waals surface area (Å²) < 4.78 is 0. The molecule has 0 heterocycles. The Morgan fingerprint density at radius 1 is 1.50 bits per heavy atom. The van der Waals surface area contributed by atoms with Gasteiger partial charge in [0.05, 0.1) is 12.0 Å². The van der Waals surface area contributed by atoms with Crippen molar-refractivity contribution in [2.75, 3.05) is 17.7 Å². The summed E-state index contributed by atoms with van der Waals surface area (Å²) in [6.45, 7) is 4.16. The van der Waals surface area contributed by atoms with Gasteiger partial charge in [-0.15, -0.1) is 11.6 Å². The molecule has 0 bridgehead atoms. The predicted octanol–water partition coefficient (Wildman–Crippen LogP) is 2.34. The molecule has 0 aromatic heterocycles. The number of para-hydroxylation sites is 1. The Morgan fingerprint density at radius 2 is 2.21 bits per heavy atom. The topological polar surface area (TPSA) is 32.3 Å². The Bertz CT molecular complexity index is 301. The van der Waals surface area contributed by atoms with Crippen molar-refractivity contribution < 1.29 is 5.11 Å². The third-order valence-corrected chi connectivity index (χ3v) is 2.24. The van der Waals surface area contributed by atoms with E-state index in [0.29, 0.717) is 6.54 Å². The fraction of sp³-hybridized carbons (Fsp3) is 0.273. The third kappa shape index (κ3) is 3.05. The van der Waals surface area contributed by atoms with Gasteiger partial charge in [0, 0.05) is 12.2 Å². The molecule has 0 saturated carbocycles. The van der Waals surface area contributed by atoms with Crippen molar-refractivity contribution in [3.63, 3.8) is 0 Å². The first-order chi connectivity index (χ1) is 6.77. The molecular formula is C11H14ClNO. The van der Waals surface area contributed by atoms with Crippen LogP contribution in [0.4, 0.5) is 5.69 Å². The minimum Gasteiger partial charge on any atom is -0.390 e.